The molecule has 9 heteroatoms. The number of aliphatic carboxylic acids is 1. The molecule has 1 amide bonds. The second kappa shape index (κ2) is 5.53. The van der Waals surface area contributed by atoms with Gasteiger partial charge in [-0.2, -0.15) is 0 Å². The molecule has 4 rings (SSSR count). The number of nitrogens with zero attached hydrogens (tertiary/aromatic N) is 3. The highest BCUT2D eigenvalue weighted by Gasteiger charge is 2.56. The Bertz CT molecular complexity index is 773. The van der Waals surface area contributed by atoms with Crippen molar-refractivity contribution in [1.29, 1.82) is 0 Å². The number of aromatic nitrogens is 2. The Hall–Kier alpha value is -1.45. The van der Waals surface area contributed by atoms with Crippen LogP contribution in [0.25, 0.3) is 0 Å². The number of hydrogen-bond donors (Lipinski definition) is 1. The Kier molecular flexibility index (Phi) is 3.70. The van der Waals surface area contributed by atoms with Crippen LogP contribution in [0.5, 0.6) is 0 Å². The molecule has 1 N–H and O–H groups in total. The topological polar surface area (TPSA) is 89.5 Å². The SMILES string of the molecule is C[C@@H](O)[C@H]1C(=O)N2C(C(=O)[O-])=C(S[C@H]3CCn4c[n+](C)cc43)S[C@H]12. The number of amides is 1. The molecule has 3 aliphatic heterocycles. The van der Waals surface area contributed by atoms with Crippen molar-refractivity contribution in [2.24, 2.45) is 13.0 Å². The Labute approximate surface area is 147 Å². The zero-order chi connectivity index (χ0) is 17.2. The highest BCUT2D eigenvalue weighted by atomic mass is 32.2. The third kappa shape index (κ3) is 2.21. The second-order valence-electron chi connectivity index (χ2n) is 6.33. The van der Waals surface area contributed by atoms with Crippen molar-refractivity contribution in [1.82, 2.24) is 9.47 Å². The number of carboxylic acids is 1. The van der Waals surface area contributed by atoms with Crippen LogP contribution in [0, 0.1) is 5.92 Å². The van der Waals surface area contributed by atoms with Crippen molar-refractivity contribution in [3.05, 3.63) is 28.2 Å². The van der Waals surface area contributed by atoms with E-state index >= 15 is 0 Å². The number of fused-ring (bicyclic) bond motifs is 2. The number of carbonyl (C=O) groups is 2. The quantitative estimate of drug-likeness (QED) is 0.560. The molecule has 0 radical (unpaired) electrons. The number of aryl methyl sites for hydroxylation is 2. The van der Waals surface area contributed by atoms with Gasteiger partial charge in [0.1, 0.15) is 11.6 Å². The van der Waals surface area contributed by atoms with E-state index in [0.29, 0.717) is 4.24 Å². The van der Waals surface area contributed by atoms with Crippen LogP contribution in [0.1, 0.15) is 24.3 Å². The minimum atomic E-state index is -1.33. The van der Waals surface area contributed by atoms with Crippen molar-refractivity contribution in [3.63, 3.8) is 0 Å². The van der Waals surface area contributed by atoms with Crippen molar-refractivity contribution in [2.45, 2.75) is 36.6 Å². The van der Waals surface area contributed by atoms with Crippen LogP contribution >= 0.6 is 23.5 Å². The van der Waals surface area contributed by atoms with Crippen molar-refractivity contribution in [3.8, 4) is 0 Å². The molecular weight excluding hydrogens is 350 g/mol. The maximum atomic E-state index is 12.2. The smallest absolute Gasteiger partial charge is 0.243 e. The number of hydrogen-bond acceptors (Lipinski definition) is 6. The zero-order valence-corrected chi connectivity index (χ0v) is 14.8. The van der Waals surface area contributed by atoms with E-state index in [9.17, 15) is 19.8 Å². The van der Waals surface area contributed by atoms with Crippen LogP contribution < -0.4 is 9.67 Å². The number of imidazole rings is 1. The van der Waals surface area contributed by atoms with Gasteiger partial charge in [-0.05, 0) is 6.92 Å². The maximum Gasteiger partial charge on any atom is 0.243 e. The minimum Gasteiger partial charge on any atom is -0.543 e. The number of aliphatic hydroxyl groups is 1. The summed E-state index contributed by atoms with van der Waals surface area (Å²) in [6.45, 7) is 2.46. The van der Waals surface area contributed by atoms with Crippen molar-refractivity contribution >= 4 is 35.4 Å². The molecule has 0 saturated carbocycles. The Morgan fingerprint density at radius 3 is 3.00 bits per heavy atom. The highest BCUT2D eigenvalue weighted by molar-refractivity contribution is 8.22. The molecule has 3 aliphatic rings. The fourth-order valence-corrected chi connectivity index (χ4v) is 6.81. The van der Waals surface area contributed by atoms with Gasteiger partial charge in [0.2, 0.25) is 12.2 Å². The fraction of sp³-hybridized carbons (Fsp3) is 0.533. The average molecular weight is 367 g/mol. The van der Waals surface area contributed by atoms with Crippen LogP contribution in [0.4, 0.5) is 0 Å². The molecule has 4 atom stereocenters. The lowest BCUT2D eigenvalue weighted by molar-refractivity contribution is -0.671. The van der Waals surface area contributed by atoms with E-state index in [1.165, 1.54) is 28.4 Å². The van der Waals surface area contributed by atoms with Crippen LogP contribution in [-0.2, 0) is 23.2 Å². The van der Waals surface area contributed by atoms with Gasteiger partial charge >= 0.3 is 0 Å². The summed E-state index contributed by atoms with van der Waals surface area (Å²) in [4.78, 5) is 25.1. The number of β-lactam (4-membered cyclic amide) rings is 1. The van der Waals surface area contributed by atoms with Crippen LogP contribution in [0.15, 0.2) is 22.5 Å². The molecule has 24 heavy (non-hydrogen) atoms. The van der Waals surface area contributed by atoms with Crippen LogP contribution in [-0.4, -0.2) is 37.9 Å². The second-order valence-corrected chi connectivity index (χ2v) is 8.93. The van der Waals surface area contributed by atoms with Gasteiger partial charge in [0, 0.05) is 6.42 Å². The largest absolute Gasteiger partial charge is 0.543 e. The summed E-state index contributed by atoms with van der Waals surface area (Å²) in [6.07, 6.45) is 4.19. The molecule has 0 bridgehead atoms. The van der Waals surface area contributed by atoms with E-state index in [1.807, 2.05) is 24.1 Å². The molecule has 1 fully saturated rings. The van der Waals surface area contributed by atoms with Gasteiger partial charge in [-0.1, -0.05) is 11.8 Å². The molecular formula is C15H17N3O4S2. The van der Waals surface area contributed by atoms with Gasteiger partial charge in [0.15, 0.2) is 5.69 Å². The van der Waals surface area contributed by atoms with Gasteiger partial charge < -0.3 is 15.0 Å². The van der Waals surface area contributed by atoms with Gasteiger partial charge in [-0.25, -0.2) is 9.13 Å². The minimum absolute atomic E-state index is 0.0359. The lowest BCUT2D eigenvalue weighted by Gasteiger charge is -2.44. The monoisotopic (exact) mass is 367 g/mol. The van der Waals surface area contributed by atoms with Gasteiger partial charge in [0.05, 0.1) is 46.8 Å². The van der Waals surface area contributed by atoms with E-state index in [2.05, 4.69) is 4.57 Å². The molecule has 0 unspecified atom stereocenters. The first-order valence-corrected chi connectivity index (χ1v) is 9.49. The van der Waals surface area contributed by atoms with E-state index in [-0.39, 0.29) is 22.2 Å². The lowest BCUT2D eigenvalue weighted by atomic mass is 9.92. The summed E-state index contributed by atoms with van der Waals surface area (Å²) in [5.41, 5.74) is 1.12. The van der Waals surface area contributed by atoms with Crippen molar-refractivity contribution in [2.75, 3.05) is 0 Å². The highest BCUT2D eigenvalue weighted by Crippen LogP contribution is 2.57. The number of carbonyl (C=O) groups excluding carboxylic acids is 2. The molecule has 4 heterocycles. The Morgan fingerprint density at radius 1 is 1.58 bits per heavy atom. The first-order chi connectivity index (χ1) is 11.4. The predicted octanol–water partition coefficient (Wildman–Crippen LogP) is -0.678. The molecule has 0 aromatic carbocycles. The zero-order valence-electron chi connectivity index (χ0n) is 13.2. The van der Waals surface area contributed by atoms with E-state index in [1.54, 1.807) is 6.92 Å². The number of rotatable bonds is 4. The number of carboxylic acid groups (broad SMARTS) is 1. The van der Waals surface area contributed by atoms with Crippen LogP contribution in [0.2, 0.25) is 0 Å². The normalized spacial score (nSPS) is 29.5. The molecule has 1 aromatic heterocycles. The summed E-state index contributed by atoms with van der Waals surface area (Å²) >= 11 is 2.84. The standard InChI is InChI=1S/C15H17N3O4S2/c1-7(19)10-12(20)18-11(14(21)22)15(24-13(10)18)23-9-3-4-17-6-16(2)5-8(9)17/h5-7,9-10,13,19H,3-4H2,1-2H3/t7-,9+,10+,13-/m1/s1. The molecule has 0 aliphatic carbocycles. The van der Waals surface area contributed by atoms with Gasteiger partial charge in [0.25, 0.3) is 0 Å². The molecule has 128 valence electrons. The molecule has 7 nitrogen and oxygen atoms in total. The van der Waals surface area contributed by atoms with Gasteiger partial charge in [-0.3, -0.25) is 9.69 Å². The summed E-state index contributed by atoms with van der Waals surface area (Å²) < 4.78 is 4.76. The summed E-state index contributed by atoms with van der Waals surface area (Å²) in [7, 11) is 1.96. The third-order valence-electron chi connectivity index (χ3n) is 4.66. The third-order valence-corrected chi connectivity index (χ3v) is 7.56. The molecule has 0 spiro atoms. The lowest BCUT2D eigenvalue weighted by Crippen LogP contribution is -2.61. The Balaban J connectivity index is 1.61. The number of aliphatic hydroxyl groups excluding tert-OH is 1. The predicted molar refractivity (Wildman–Crippen MR) is 86.0 cm³/mol. The first kappa shape index (κ1) is 16.0. The number of thioether (sulfide) groups is 2. The maximum absolute atomic E-state index is 12.2. The summed E-state index contributed by atoms with van der Waals surface area (Å²) in [5.74, 6) is -2.21. The van der Waals surface area contributed by atoms with E-state index in [4.69, 9.17) is 0 Å². The summed E-state index contributed by atoms with van der Waals surface area (Å²) in [5, 5.41) is 21.2. The molecule has 1 saturated heterocycles. The Morgan fingerprint density at radius 2 is 2.33 bits per heavy atom. The van der Waals surface area contributed by atoms with Crippen LogP contribution in [0.3, 0.4) is 0 Å². The van der Waals surface area contributed by atoms with E-state index in [0.717, 1.165) is 18.7 Å². The first-order valence-electron chi connectivity index (χ1n) is 7.74. The van der Waals surface area contributed by atoms with E-state index < -0.39 is 18.0 Å². The van der Waals surface area contributed by atoms with Gasteiger partial charge in [-0.15, -0.1) is 11.8 Å². The molecule has 1 aromatic rings. The average Bonchev–Trinajstić information content (AvgIpc) is 3.11. The van der Waals surface area contributed by atoms with Crippen molar-refractivity contribution < 1.29 is 24.4 Å². The fourth-order valence-electron chi connectivity index (χ4n) is 3.53. The summed E-state index contributed by atoms with van der Waals surface area (Å²) in [6, 6.07) is 0.